The van der Waals surface area contributed by atoms with Gasteiger partial charge >= 0.3 is 0 Å². The van der Waals surface area contributed by atoms with Crippen LogP contribution in [0.15, 0.2) is 18.2 Å². The van der Waals surface area contributed by atoms with Crippen molar-refractivity contribution in [3.05, 3.63) is 33.9 Å². The maximum atomic E-state index is 12.3. The van der Waals surface area contributed by atoms with Gasteiger partial charge in [0.25, 0.3) is 11.6 Å². The Labute approximate surface area is 171 Å². The zero-order valence-electron chi connectivity index (χ0n) is 16.3. The van der Waals surface area contributed by atoms with Gasteiger partial charge in [-0.05, 0) is 43.6 Å². The number of thiocarbonyl (C=S) groups is 1. The molecule has 3 N–H and O–H groups in total. The minimum atomic E-state index is -0.469. The fourth-order valence-corrected chi connectivity index (χ4v) is 3.35. The normalized spacial score (nSPS) is 14.1. The van der Waals surface area contributed by atoms with E-state index in [-0.39, 0.29) is 11.3 Å². The molecule has 0 radical (unpaired) electrons. The second-order valence-corrected chi connectivity index (χ2v) is 7.31. The van der Waals surface area contributed by atoms with Crippen LogP contribution in [0.25, 0.3) is 0 Å². The van der Waals surface area contributed by atoms with Gasteiger partial charge in [-0.15, -0.1) is 0 Å². The van der Waals surface area contributed by atoms with Gasteiger partial charge < -0.3 is 10.2 Å². The van der Waals surface area contributed by atoms with Crippen LogP contribution in [0.1, 0.15) is 62.2 Å². The van der Waals surface area contributed by atoms with Crippen molar-refractivity contribution in [1.29, 1.82) is 0 Å². The van der Waals surface area contributed by atoms with E-state index >= 15 is 0 Å². The summed E-state index contributed by atoms with van der Waals surface area (Å²) in [5.41, 5.74) is 5.86. The smallest absolute Gasteiger partial charge is 0.293 e. The summed E-state index contributed by atoms with van der Waals surface area (Å²) < 4.78 is 0. The molecule has 2 rings (SSSR count). The number of hydrogen-bond donors (Lipinski definition) is 3. The third-order valence-electron chi connectivity index (χ3n) is 4.74. The topological polar surface area (TPSA) is 99.5 Å². The highest BCUT2D eigenvalue weighted by molar-refractivity contribution is 7.80. The predicted octanol–water partition coefficient (Wildman–Crippen LogP) is 3.27. The number of unbranched alkanes of at least 4 members (excludes halogenated alkanes) is 2. The third-order valence-corrected chi connectivity index (χ3v) is 4.98. The van der Waals surface area contributed by atoms with Crippen LogP contribution in [-0.4, -0.2) is 35.6 Å². The maximum absolute atomic E-state index is 12.3. The first-order chi connectivity index (χ1) is 13.5. The van der Waals surface area contributed by atoms with Crippen molar-refractivity contribution in [3.63, 3.8) is 0 Å². The van der Waals surface area contributed by atoms with E-state index in [1.54, 1.807) is 12.1 Å². The van der Waals surface area contributed by atoms with Crippen molar-refractivity contribution in [2.75, 3.05) is 24.5 Å². The Bertz CT molecular complexity index is 690. The third kappa shape index (κ3) is 6.63. The summed E-state index contributed by atoms with van der Waals surface area (Å²) in [6.45, 7) is 4.44. The summed E-state index contributed by atoms with van der Waals surface area (Å²) >= 11 is 5.11. The van der Waals surface area contributed by atoms with Gasteiger partial charge in [-0.2, -0.15) is 0 Å². The number of nitro groups is 1. The van der Waals surface area contributed by atoms with Gasteiger partial charge in [0.1, 0.15) is 5.69 Å². The number of anilines is 1. The zero-order valence-corrected chi connectivity index (χ0v) is 17.1. The van der Waals surface area contributed by atoms with E-state index in [1.807, 2.05) is 4.90 Å². The van der Waals surface area contributed by atoms with Gasteiger partial charge in [0.2, 0.25) is 0 Å². The van der Waals surface area contributed by atoms with Crippen LogP contribution in [0.4, 0.5) is 11.4 Å². The number of carbonyl (C=O) groups excluding carboxylic acids is 1. The molecule has 0 bridgehead atoms. The summed E-state index contributed by atoms with van der Waals surface area (Å²) in [5.74, 6) is -0.469. The summed E-state index contributed by atoms with van der Waals surface area (Å²) in [4.78, 5) is 25.5. The first-order valence-corrected chi connectivity index (χ1v) is 10.3. The molecule has 0 aliphatic carbocycles. The fourth-order valence-electron chi connectivity index (χ4n) is 3.20. The van der Waals surface area contributed by atoms with Crippen LogP contribution in [0.2, 0.25) is 0 Å². The van der Waals surface area contributed by atoms with Gasteiger partial charge in [0.05, 0.1) is 4.92 Å². The SMILES string of the molecule is CCCCCNC(=S)NNC(=O)c1ccc(N2CCCCCC2)c([N+](=O)[O-])c1. The quantitative estimate of drug-likeness (QED) is 0.276. The van der Waals surface area contributed by atoms with Crippen LogP contribution in [-0.2, 0) is 0 Å². The highest BCUT2D eigenvalue weighted by Crippen LogP contribution is 2.31. The number of nitrogens with one attached hydrogen (secondary N) is 3. The lowest BCUT2D eigenvalue weighted by molar-refractivity contribution is -0.384. The number of hydrazine groups is 1. The van der Waals surface area contributed by atoms with E-state index in [0.717, 1.165) is 64.6 Å². The molecule has 1 aliphatic rings. The van der Waals surface area contributed by atoms with E-state index < -0.39 is 10.8 Å². The summed E-state index contributed by atoms with van der Waals surface area (Å²) in [6.07, 6.45) is 7.54. The monoisotopic (exact) mass is 407 g/mol. The molecule has 1 fully saturated rings. The lowest BCUT2D eigenvalue weighted by Gasteiger charge is -2.22. The van der Waals surface area contributed by atoms with Crippen LogP contribution in [0.3, 0.4) is 0 Å². The van der Waals surface area contributed by atoms with Crippen LogP contribution >= 0.6 is 12.2 Å². The number of hydrogen-bond acceptors (Lipinski definition) is 5. The van der Waals surface area contributed by atoms with Gasteiger partial charge in [0.15, 0.2) is 5.11 Å². The summed E-state index contributed by atoms with van der Waals surface area (Å²) in [6, 6.07) is 4.61. The van der Waals surface area contributed by atoms with Gasteiger partial charge in [0, 0.05) is 31.3 Å². The minimum Gasteiger partial charge on any atom is -0.366 e. The van der Waals surface area contributed by atoms with Crippen molar-refractivity contribution in [1.82, 2.24) is 16.2 Å². The number of nitrogens with zero attached hydrogens (tertiary/aromatic N) is 2. The highest BCUT2D eigenvalue weighted by atomic mass is 32.1. The number of nitro benzene ring substituents is 1. The Morgan fingerprint density at radius 2 is 1.89 bits per heavy atom. The lowest BCUT2D eigenvalue weighted by atomic mass is 10.1. The van der Waals surface area contributed by atoms with E-state index in [9.17, 15) is 14.9 Å². The second-order valence-electron chi connectivity index (χ2n) is 6.90. The molecule has 0 unspecified atom stereocenters. The van der Waals surface area contributed by atoms with Gasteiger partial charge in [-0.25, -0.2) is 0 Å². The largest absolute Gasteiger partial charge is 0.366 e. The first kappa shape index (κ1) is 21.9. The molecule has 0 atom stereocenters. The molecular weight excluding hydrogens is 378 g/mol. The highest BCUT2D eigenvalue weighted by Gasteiger charge is 2.22. The van der Waals surface area contributed by atoms with Crippen molar-refractivity contribution < 1.29 is 9.72 Å². The molecule has 28 heavy (non-hydrogen) atoms. The van der Waals surface area contributed by atoms with E-state index in [2.05, 4.69) is 23.1 Å². The first-order valence-electron chi connectivity index (χ1n) is 9.90. The molecule has 1 amide bonds. The predicted molar refractivity (Wildman–Crippen MR) is 115 cm³/mol. The molecule has 1 aliphatic heterocycles. The van der Waals surface area contributed by atoms with E-state index in [1.165, 1.54) is 6.07 Å². The Morgan fingerprint density at radius 3 is 2.54 bits per heavy atom. The van der Waals surface area contributed by atoms with Crippen LogP contribution in [0, 0.1) is 10.1 Å². The maximum Gasteiger partial charge on any atom is 0.293 e. The molecule has 154 valence electrons. The number of carbonyl (C=O) groups is 1. The van der Waals surface area contributed by atoms with Crippen molar-refractivity contribution in [2.24, 2.45) is 0 Å². The van der Waals surface area contributed by atoms with Gasteiger partial charge in [-0.1, -0.05) is 32.6 Å². The standard InChI is InChI=1S/C19H29N5O3S/c1-2-3-6-11-20-19(28)22-21-18(25)15-9-10-16(17(14-15)24(26)27)23-12-7-4-5-8-13-23/h9-10,14H,2-8,11-13H2,1H3,(H,21,25)(H2,20,22,28). The average Bonchev–Trinajstić information content (AvgIpc) is 2.98. The molecule has 0 saturated carbocycles. The van der Waals surface area contributed by atoms with Crippen molar-refractivity contribution in [3.8, 4) is 0 Å². The Balaban J connectivity index is 1.99. The Hall–Kier alpha value is -2.42. The fraction of sp³-hybridized carbons (Fsp3) is 0.579. The molecule has 1 saturated heterocycles. The summed E-state index contributed by atoms with van der Waals surface area (Å²) in [5, 5.41) is 14.9. The molecule has 9 heteroatoms. The molecule has 1 heterocycles. The molecular formula is C19H29N5O3S. The van der Waals surface area contributed by atoms with E-state index in [0.29, 0.717) is 10.8 Å². The Morgan fingerprint density at radius 1 is 1.18 bits per heavy atom. The van der Waals surface area contributed by atoms with Crippen LogP contribution < -0.4 is 21.1 Å². The molecule has 0 aromatic heterocycles. The van der Waals surface area contributed by atoms with E-state index in [4.69, 9.17) is 12.2 Å². The number of benzene rings is 1. The molecule has 1 aromatic carbocycles. The number of rotatable bonds is 7. The molecule has 1 aromatic rings. The van der Waals surface area contributed by atoms with Crippen molar-refractivity contribution in [2.45, 2.75) is 51.9 Å². The summed E-state index contributed by atoms with van der Waals surface area (Å²) in [7, 11) is 0. The van der Waals surface area contributed by atoms with Crippen molar-refractivity contribution >= 4 is 34.6 Å². The Kier molecular flexibility index (Phi) is 8.93. The average molecular weight is 408 g/mol. The van der Waals surface area contributed by atoms with Crippen LogP contribution in [0.5, 0.6) is 0 Å². The second kappa shape index (κ2) is 11.4. The van der Waals surface area contributed by atoms with Gasteiger partial charge in [-0.3, -0.25) is 25.8 Å². The zero-order chi connectivity index (χ0) is 20.4. The minimum absolute atomic E-state index is 0.0465. The lowest BCUT2D eigenvalue weighted by Crippen LogP contribution is -2.47. The molecule has 8 nitrogen and oxygen atoms in total. The molecule has 0 spiro atoms. The number of amides is 1.